The highest BCUT2D eigenvalue weighted by Gasteiger charge is 2.74. The van der Waals surface area contributed by atoms with E-state index in [0.717, 1.165) is 11.1 Å². The molecule has 3 saturated heterocycles. The fraction of sp³-hybridized carbons (Fsp3) is 0.577. The van der Waals surface area contributed by atoms with E-state index in [1.54, 1.807) is 6.08 Å². The zero-order valence-corrected chi connectivity index (χ0v) is 21.3. The Balaban J connectivity index is 1.37. The molecule has 1 aromatic rings. The van der Waals surface area contributed by atoms with Crippen LogP contribution >= 0.6 is 0 Å². The molecule has 1 aliphatic carbocycles. The molecule has 2 bridgehead atoms. The number of rotatable bonds is 12. The second-order valence-corrected chi connectivity index (χ2v) is 9.83. The zero-order valence-electron chi connectivity index (χ0n) is 21.3. The monoisotopic (exact) mass is 547 g/mol. The Labute approximate surface area is 224 Å². The van der Waals surface area contributed by atoms with Gasteiger partial charge in [-0.1, -0.05) is 24.3 Å². The van der Waals surface area contributed by atoms with Crippen molar-refractivity contribution in [2.45, 2.75) is 49.8 Å². The van der Waals surface area contributed by atoms with Crippen LogP contribution in [0.3, 0.4) is 0 Å². The summed E-state index contributed by atoms with van der Waals surface area (Å²) in [6, 6.07) is 6.49. The van der Waals surface area contributed by atoms with Crippen molar-refractivity contribution < 1.29 is 48.4 Å². The number of hydroxylamine groups is 2. The van der Waals surface area contributed by atoms with Gasteiger partial charge < -0.3 is 39.8 Å². The minimum absolute atomic E-state index is 0.00334. The number of nitrogens with zero attached hydrogens (tertiary/aromatic N) is 1. The Hall–Kier alpha value is -3.07. The number of carbonyl (C=O) groups excluding carboxylic acids is 3. The molecular formula is C26H33N3O10. The third kappa shape index (κ3) is 5.38. The summed E-state index contributed by atoms with van der Waals surface area (Å²) < 4.78 is 22.5. The van der Waals surface area contributed by atoms with Gasteiger partial charge in [0, 0.05) is 25.9 Å². The van der Waals surface area contributed by atoms with Crippen LogP contribution in [0.2, 0.25) is 0 Å². The Kier molecular flexibility index (Phi) is 8.45. The van der Waals surface area contributed by atoms with Crippen LogP contribution in [0.15, 0.2) is 30.5 Å². The van der Waals surface area contributed by atoms with E-state index < -0.39 is 47.7 Å². The van der Waals surface area contributed by atoms with Crippen LogP contribution in [0.5, 0.6) is 0 Å². The lowest BCUT2D eigenvalue weighted by Gasteiger charge is -2.48. The molecule has 4 fully saturated rings. The predicted octanol–water partition coefficient (Wildman–Crippen LogP) is -1.18. The topological polar surface area (TPSA) is 165 Å². The normalized spacial score (nSPS) is 31.1. The van der Waals surface area contributed by atoms with Crippen LogP contribution in [-0.2, 0) is 44.7 Å². The number of amides is 2. The molecule has 6 atom stereocenters. The van der Waals surface area contributed by atoms with Gasteiger partial charge in [0.1, 0.15) is 43.2 Å². The van der Waals surface area contributed by atoms with Gasteiger partial charge in [0.25, 0.3) is 0 Å². The molecule has 1 saturated carbocycles. The van der Waals surface area contributed by atoms with Crippen LogP contribution < -0.4 is 10.6 Å². The Morgan fingerprint density at radius 2 is 2.00 bits per heavy atom. The van der Waals surface area contributed by atoms with Gasteiger partial charge in [-0.2, -0.15) is 5.06 Å². The maximum atomic E-state index is 13.8. The van der Waals surface area contributed by atoms with E-state index >= 15 is 0 Å². The van der Waals surface area contributed by atoms with Crippen LogP contribution in [0.25, 0.3) is 6.08 Å². The van der Waals surface area contributed by atoms with Gasteiger partial charge in [-0.15, -0.1) is 0 Å². The summed E-state index contributed by atoms with van der Waals surface area (Å²) in [5, 5.41) is 24.6. The van der Waals surface area contributed by atoms with E-state index in [9.17, 15) is 14.4 Å². The van der Waals surface area contributed by atoms with E-state index in [4.69, 9.17) is 34.0 Å². The van der Waals surface area contributed by atoms with Gasteiger partial charge >= 0.3 is 5.97 Å². The van der Waals surface area contributed by atoms with Gasteiger partial charge in [0.15, 0.2) is 6.04 Å². The first-order chi connectivity index (χ1) is 19.0. The largest absolute Gasteiger partial charge is 0.499 e. The van der Waals surface area contributed by atoms with Crippen LogP contribution in [-0.4, -0.2) is 103 Å². The number of aliphatic hydroxyl groups is 2. The number of esters is 1. The summed E-state index contributed by atoms with van der Waals surface area (Å²) in [6.07, 6.45) is 0.855. The first-order valence-corrected chi connectivity index (χ1v) is 13.0. The lowest BCUT2D eigenvalue weighted by atomic mass is 9.62. The molecule has 2 amide bonds. The molecule has 13 nitrogen and oxygen atoms in total. The first kappa shape index (κ1) is 27.5. The molecule has 1 aromatic carbocycles. The quantitative estimate of drug-likeness (QED) is 0.141. The van der Waals surface area contributed by atoms with Gasteiger partial charge in [-0.05, 0) is 17.2 Å². The third-order valence-corrected chi connectivity index (χ3v) is 7.42. The molecule has 212 valence electrons. The second kappa shape index (κ2) is 12.0. The number of benzene rings is 1. The lowest BCUT2D eigenvalue weighted by Crippen LogP contribution is -2.69. The number of hydrogen-bond donors (Lipinski definition) is 4. The maximum absolute atomic E-state index is 13.8. The molecule has 4 N–H and O–H groups in total. The van der Waals surface area contributed by atoms with Crippen molar-refractivity contribution in [3.63, 3.8) is 0 Å². The predicted molar refractivity (Wildman–Crippen MR) is 132 cm³/mol. The highest BCUT2D eigenvalue weighted by atomic mass is 16.8. The fourth-order valence-corrected chi connectivity index (χ4v) is 5.79. The van der Waals surface area contributed by atoms with Crippen molar-refractivity contribution in [3.05, 3.63) is 41.7 Å². The smallest absolute Gasteiger partial charge is 0.327 e. The molecule has 6 unspecified atom stereocenters. The lowest BCUT2D eigenvalue weighted by molar-refractivity contribution is -0.201. The van der Waals surface area contributed by atoms with Gasteiger partial charge in [0.2, 0.25) is 11.8 Å². The first-order valence-electron chi connectivity index (χ1n) is 13.0. The summed E-state index contributed by atoms with van der Waals surface area (Å²) in [5.74, 6) is -1.30. The third-order valence-electron chi connectivity index (χ3n) is 7.42. The number of fused-ring (bicyclic) bond motifs is 4. The highest BCUT2D eigenvalue weighted by molar-refractivity contribution is 5.93. The van der Waals surface area contributed by atoms with Crippen molar-refractivity contribution in [2.24, 2.45) is 5.41 Å². The molecule has 0 radical (unpaired) electrons. The van der Waals surface area contributed by atoms with E-state index in [2.05, 4.69) is 10.6 Å². The summed E-state index contributed by atoms with van der Waals surface area (Å²) in [6.45, 7) is 0.302. The van der Waals surface area contributed by atoms with E-state index in [1.165, 1.54) is 11.3 Å². The van der Waals surface area contributed by atoms with E-state index in [-0.39, 0.29) is 65.0 Å². The standard InChI is InChI=1S/C26H33N3O10/c30-8-7-27-19(32)4-6-28-25(34)26-13-18-20-21(37-15-36-20)23(26)39-29(22(26)24(33)38-18)14-17-3-1-2-16(12-17)5-10-35-11-9-31/h1-3,5,10,12,18,20-23,30-31H,4,6-9,11,13-15H2,(H,27,32)(H,28,34). The second-order valence-electron chi connectivity index (χ2n) is 9.83. The number of hydrogen-bond acceptors (Lipinski definition) is 11. The molecule has 0 spiro atoms. The summed E-state index contributed by atoms with van der Waals surface area (Å²) in [5.41, 5.74) is 0.364. The van der Waals surface area contributed by atoms with Gasteiger partial charge in [-0.3, -0.25) is 19.2 Å². The van der Waals surface area contributed by atoms with Crippen molar-refractivity contribution in [1.29, 1.82) is 0 Å². The number of aliphatic hydroxyl groups excluding tert-OH is 2. The molecular weight excluding hydrogens is 514 g/mol. The molecule has 5 rings (SSSR count). The average Bonchev–Trinajstić information content (AvgIpc) is 3.55. The van der Waals surface area contributed by atoms with Crippen LogP contribution in [0.1, 0.15) is 24.0 Å². The van der Waals surface area contributed by atoms with E-state index in [0.29, 0.717) is 0 Å². The van der Waals surface area contributed by atoms with Gasteiger partial charge in [-0.25, -0.2) is 0 Å². The SMILES string of the molecule is O=C(CCNC(=O)C12CC3OC(=O)C1N(Cc1cccc(C=COCCO)c1)OC2C1OCOC31)NCCO. The molecule has 0 aromatic heterocycles. The Morgan fingerprint density at radius 3 is 2.82 bits per heavy atom. The molecule has 3 heterocycles. The number of ether oxygens (including phenoxy) is 4. The Bertz CT molecular complexity index is 1100. The maximum Gasteiger partial charge on any atom is 0.327 e. The van der Waals surface area contributed by atoms with Crippen LogP contribution in [0, 0.1) is 5.41 Å². The summed E-state index contributed by atoms with van der Waals surface area (Å²) in [4.78, 5) is 45.5. The Morgan fingerprint density at radius 1 is 1.15 bits per heavy atom. The summed E-state index contributed by atoms with van der Waals surface area (Å²) >= 11 is 0. The van der Waals surface area contributed by atoms with Crippen molar-refractivity contribution in [1.82, 2.24) is 15.7 Å². The number of nitrogens with one attached hydrogen (secondary N) is 2. The van der Waals surface area contributed by atoms with Gasteiger partial charge in [0.05, 0.1) is 26.0 Å². The minimum Gasteiger partial charge on any atom is -0.499 e. The summed E-state index contributed by atoms with van der Waals surface area (Å²) in [7, 11) is 0. The van der Waals surface area contributed by atoms with Crippen molar-refractivity contribution in [2.75, 3.05) is 39.7 Å². The molecule has 3 aliphatic heterocycles. The highest BCUT2D eigenvalue weighted by Crippen LogP contribution is 2.55. The van der Waals surface area contributed by atoms with Crippen LogP contribution in [0.4, 0.5) is 0 Å². The minimum atomic E-state index is -1.30. The number of carbonyl (C=O) groups is 3. The molecule has 13 heteroatoms. The van der Waals surface area contributed by atoms with Crippen molar-refractivity contribution >= 4 is 23.9 Å². The molecule has 4 aliphatic rings. The van der Waals surface area contributed by atoms with E-state index in [1.807, 2.05) is 24.3 Å². The zero-order chi connectivity index (χ0) is 27.4. The molecule has 39 heavy (non-hydrogen) atoms. The average molecular weight is 548 g/mol. The van der Waals surface area contributed by atoms with Crippen molar-refractivity contribution in [3.8, 4) is 0 Å². The fourth-order valence-electron chi connectivity index (χ4n) is 5.79.